The summed E-state index contributed by atoms with van der Waals surface area (Å²) in [6, 6.07) is 7.67. The van der Waals surface area contributed by atoms with Crippen molar-refractivity contribution in [2.75, 3.05) is 13.2 Å². The molecular weight excluding hydrogens is 252 g/mol. The van der Waals surface area contributed by atoms with Crippen LogP contribution < -0.4 is 0 Å². The predicted molar refractivity (Wildman–Crippen MR) is 84.0 cm³/mol. The molecule has 1 rings (SSSR count). The summed E-state index contributed by atoms with van der Waals surface area (Å²) in [4.78, 5) is 0. The van der Waals surface area contributed by atoms with E-state index in [9.17, 15) is 5.11 Å². The van der Waals surface area contributed by atoms with E-state index in [4.69, 9.17) is 10.2 Å². The molecule has 0 saturated carbocycles. The second kappa shape index (κ2) is 14.4. The van der Waals surface area contributed by atoms with Gasteiger partial charge in [-0.25, -0.2) is 0 Å². The number of aliphatic hydroxyl groups is 2. The highest BCUT2D eigenvalue weighted by molar-refractivity contribution is 5.31. The SMILES string of the molecule is CCCCCCCCCc1ccccc1O.OCCO. The van der Waals surface area contributed by atoms with E-state index in [1.54, 1.807) is 6.07 Å². The van der Waals surface area contributed by atoms with Crippen molar-refractivity contribution in [3.8, 4) is 5.75 Å². The number of aryl methyl sites for hydroxylation is 1. The van der Waals surface area contributed by atoms with Gasteiger partial charge in [-0.05, 0) is 24.5 Å². The molecule has 1 aromatic carbocycles. The van der Waals surface area contributed by atoms with Crippen LogP contribution in [0.3, 0.4) is 0 Å². The van der Waals surface area contributed by atoms with E-state index < -0.39 is 0 Å². The van der Waals surface area contributed by atoms with E-state index in [0.29, 0.717) is 5.75 Å². The molecule has 0 bridgehead atoms. The standard InChI is InChI=1S/C15H24O.C2H6O2/c1-2-3-4-5-6-7-8-11-14-12-9-10-13-15(14)16;3-1-2-4/h9-10,12-13,16H,2-8,11H2,1H3;3-4H,1-2H2. The van der Waals surface area contributed by atoms with Gasteiger partial charge < -0.3 is 15.3 Å². The van der Waals surface area contributed by atoms with Crippen LogP contribution in [0, 0.1) is 0 Å². The number of phenolic OH excluding ortho intramolecular Hbond substituents is 1. The average molecular weight is 282 g/mol. The van der Waals surface area contributed by atoms with Gasteiger partial charge in [-0.15, -0.1) is 0 Å². The van der Waals surface area contributed by atoms with Crippen molar-refractivity contribution in [3.05, 3.63) is 29.8 Å². The molecule has 0 unspecified atom stereocenters. The maximum absolute atomic E-state index is 9.58. The highest BCUT2D eigenvalue weighted by atomic mass is 16.3. The minimum atomic E-state index is -0.125. The van der Waals surface area contributed by atoms with E-state index in [0.717, 1.165) is 12.0 Å². The lowest BCUT2D eigenvalue weighted by molar-refractivity contribution is 0.186. The summed E-state index contributed by atoms with van der Waals surface area (Å²) in [5.74, 6) is 0.452. The third kappa shape index (κ3) is 10.8. The van der Waals surface area contributed by atoms with Gasteiger partial charge in [-0.1, -0.05) is 63.6 Å². The van der Waals surface area contributed by atoms with E-state index in [2.05, 4.69) is 6.92 Å². The number of rotatable bonds is 9. The normalized spacial score (nSPS) is 9.95. The maximum atomic E-state index is 9.58. The zero-order valence-corrected chi connectivity index (χ0v) is 12.7. The molecule has 0 atom stereocenters. The highest BCUT2D eigenvalue weighted by Crippen LogP contribution is 2.18. The Morgan fingerprint density at radius 2 is 1.35 bits per heavy atom. The molecule has 0 fully saturated rings. The molecule has 0 aliphatic carbocycles. The first-order chi connectivity index (χ1) is 9.76. The third-order valence-corrected chi connectivity index (χ3v) is 3.14. The molecule has 0 amide bonds. The van der Waals surface area contributed by atoms with Crippen LogP contribution in [0.4, 0.5) is 0 Å². The van der Waals surface area contributed by atoms with Crippen LogP contribution in [0.25, 0.3) is 0 Å². The van der Waals surface area contributed by atoms with Gasteiger partial charge in [0.1, 0.15) is 5.75 Å². The Kier molecular flexibility index (Phi) is 13.6. The predicted octanol–water partition coefficient (Wildman–Crippen LogP) is 3.66. The summed E-state index contributed by atoms with van der Waals surface area (Å²) in [7, 11) is 0. The van der Waals surface area contributed by atoms with Crippen molar-refractivity contribution in [1.29, 1.82) is 0 Å². The molecule has 0 aliphatic rings. The molecular formula is C17H30O3. The van der Waals surface area contributed by atoms with Crippen molar-refractivity contribution in [2.45, 2.75) is 58.3 Å². The average Bonchev–Trinajstić information content (AvgIpc) is 2.48. The minimum Gasteiger partial charge on any atom is -0.508 e. The third-order valence-electron chi connectivity index (χ3n) is 3.14. The van der Waals surface area contributed by atoms with Gasteiger partial charge in [-0.3, -0.25) is 0 Å². The smallest absolute Gasteiger partial charge is 0.118 e. The van der Waals surface area contributed by atoms with Gasteiger partial charge in [0.25, 0.3) is 0 Å². The summed E-state index contributed by atoms with van der Waals surface area (Å²) in [5.41, 5.74) is 1.09. The van der Waals surface area contributed by atoms with Crippen molar-refractivity contribution in [3.63, 3.8) is 0 Å². The molecule has 3 N–H and O–H groups in total. The zero-order chi connectivity index (χ0) is 15.1. The first-order valence-electron chi connectivity index (χ1n) is 7.74. The largest absolute Gasteiger partial charge is 0.508 e. The Hall–Kier alpha value is -1.06. The number of para-hydroxylation sites is 1. The van der Waals surface area contributed by atoms with E-state index >= 15 is 0 Å². The van der Waals surface area contributed by atoms with Gasteiger partial charge in [-0.2, -0.15) is 0 Å². The van der Waals surface area contributed by atoms with Crippen LogP contribution in [0.15, 0.2) is 24.3 Å². The molecule has 20 heavy (non-hydrogen) atoms. The second-order valence-corrected chi connectivity index (χ2v) is 4.95. The van der Waals surface area contributed by atoms with Gasteiger partial charge in [0.2, 0.25) is 0 Å². The van der Waals surface area contributed by atoms with Crippen molar-refractivity contribution in [2.24, 2.45) is 0 Å². The van der Waals surface area contributed by atoms with E-state index in [1.165, 1.54) is 44.9 Å². The fourth-order valence-electron chi connectivity index (χ4n) is 1.99. The first-order valence-corrected chi connectivity index (χ1v) is 7.74. The van der Waals surface area contributed by atoms with Gasteiger partial charge >= 0.3 is 0 Å². The second-order valence-electron chi connectivity index (χ2n) is 4.95. The van der Waals surface area contributed by atoms with Crippen LogP contribution in [-0.4, -0.2) is 28.5 Å². The lowest BCUT2D eigenvalue weighted by Crippen LogP contribution is -1.87. The quantitative estimate of drug-likeness (QED) is 0.606. The Labute approximate surface area is 123 Å². The lowest BCUT2D eigenvalue weighted by Gasteiger charge is -2.04. The van der Waals surface area contributed by atoms with E-state index in [-0.39, 0.29) is 13.2 Å². The topological polar surface area (TPSA) is 60.7 Å². The summed E-state index contributed by atoms with van der Waals surface area (Å²) >= 11 is 0. The first kappa shape index (κ1) is 18.9. The van der Waals surface area contributed by atoms with Gasteiger partial charge in [0.15, 0.2) is 0 Å². The van der Waals surface area contributed by atoms with Gasteiger partial charge in [0.05, 0.1) is 13.2 Å². The number of aliphatic hydroxyl groups excluding tert-OH is 2. The fraction of sp³-hybridized carbons (Fsp3) is 0.647. The molecule has 0 aromatic heterocycles. The lowest BCUT2D eigenvalue weighted by atomic mass is 10.0. The maximum Gasteiger partial charge on any atom is 0.118 e. The van der Waals surface area contributed by atoms with Crippen LogP contribution in [0.2, 0.25) is 0 Å². The number of hydrogen-bond acceptors (Lipinski definition) is 3. The number of unbranched alkanes of at least 4 members (excludes halogenated alkanes) is 6. The summed E-state index contributed by atoms with van der Waals surface area (Å²) in [6.45, 7) is 2.00. The molecule has 0 saturated heterocycles. The Bertz CT molecular complexity index is 311. The van der Waals surface area contributed by atoms with E-state index in [1.807, 2.05) is 18.2 Å². The Balaban J connectivity index is 0.000000796. The Morgan fingerprint density at radius 1 is 0.800 bits per heavy atom. The summed E-state index contributed by atoms with van der Waals surface area (Å²) in [6.07, 6.45) is 10.3. The monoisotopic (exact) mass is 282 g/mol. The van der Waals surface area contributed by atoms with Crippen LogP contribution in [0.5, 0.6) is 5.75 Å². The van der Waals surface area contributed by atoms with Crippen molar-refractivity contribution < 1.29 is 15.3 Å². The van der Waals surface area contributed by atoms with Crippen molar-refractivity contribution in [1.82, 2.24) is 0 Å². The molecule has 116 valence electrons. The van der Waals surface area contributed by atoms with Gasteiger partial charge in [0, 0.05) is 0 Å². The molecule has 0 heterocycles. The molecule has 0 radical (unpaired) electrons. The number of phenols is 1. The fourth-order valence-corrected chi connectivity index (χ4v) is 1.99. The van der Waals surface area contributed by atoms with Crippen LogP contribution in [-0.2, 0) is 6.42 Å². The molecule has 0 aliphatic heterocycles. The molecule has 3 nitrogen and oxygen atoms in total. The summed E-state index contributed by atoms with van der Waals surface area (Å²) in [5, 5.41) is 24.8. The highest BCUT2D eigenvalue weighted by Gasteiger charge is 1.98. The number of hydrogen-bond donors (Lipinski definition) is 3. The van der Waals surface area contributed by atoms with Crippen molar-refractivity contribution >= 4 is 0 Å². The summed E-state index contributed by atoms with van der Waals surface area (Å²) < 4.78 is 0. The minimum absolute atomic E-state index is 0.125. The number of aromatic hydroxyl groups is 1. The Morgan fingerprint density at radius 3 is 1.90 bits per heavy atom. The molecule has 0 spiro atoms. The van der Waals surface area contributed by atoms with Crippen LogP contribution >= 0.6 is 0 Å². The molecule has 1 aromatic rings. The zero-order valence-electron chi connectivity index (χ0n) is 12.7. The molecule has 3 heteroatoms. The number of benzene rings is 1. The van der Waals surface area contributed by atoms with Crippen LogP contribution in [0.1, 0.15) is 57.4 Å².